The van der Waals surface area contributed by atoms with Gasteiger partial charge in [-0.3, -0.25) is 4.79 Å². The number of carbonyl (C=O) groups excluding carboxylic acids is 1. The Morgan fingerprint density at radius 1 is 1.47 bits per heavy atom. The molecular formula is C13H22N4O2. The second-order valence-corrected chi connectivity index (χ2v) is 5.25. The van der Waals surface area contributed by atoms with Crippen LogP contribution in [0, 0.1) is 0 Å². The summed E-state index contributed by atoms with van der Waals surface area (Å²) in [6.45, 7) is 2.62. The molecule has 6 heteroatoms. The highest BCUT2D eigenvalue weighted by molar-refractivity contribution is 5.94. The van der Waals surface area contributed by atoms with E-state index in [1.807, 2.05) is 19.0 Å². The van der Waals surface area contributed by atoms with Crippen molar-refractivity contribution < 1.29 is 9.90 Å². The number of likely N-dealkylation sites (N-methyl/N-ethyl adjacent to an activating group) is 1. The van der Waals surface area contributed by atoms with E-state index in [0.29, 0.717) is 30.0 Å². The van der Waals surface area contributed by atoms with Crippen molar-refractivity contribution in [2.45, 2.75) is 12.5 Å². The fraction of sp³-hybridized carbons (Fsp3) is 0.462. The van der Waals surface area contributed by atoms with Gasteiger partial charge in [-0.1, -0.05) is 0 Å². The number of hydrogen-bond donors (Lipinski definition) is 4. The minimum Gasteiger partial charge on any atom is -0.397 e. The highest BCUT2D eigenvalue weighted by Gasteiger charge is 2.21. The summed E-state index contributed by atoms with van der Waals surface area (Å²) < 4.78 is 0. The molecule has 0 saturated heterocycles. The highest BCUT2D eigenvalue weighted by atomic mass is 16.3. The van der Waals surface area contributed by atoms with Crippen LogP contribution in [0.1, 0.15) is 17.3 Å². The van der Waals surface area contributed by atoms with E-state index in [1.54, 1.807) is 19.1 Å². The fourth-order valence-corrected chi connectivity index (χ4v) is 1.90. The Labute approximate surface area is 113 Å². The molecule has 0 aromatic heterocycles. The van der Waals surface area contributed by atoms with Gasteiger partial charge in [0.2, 0.25) is 5.91 Å². The number of rotatable bonds is 6. The van der Waals surface area contributed by atoms with Crippen LogP contribution in [0.15, 0.2) is 18.2 Å². The second-order valence-electron chi connectivity index (χ2n) is 5.25. The number of primary amides is 1. The molecule has 1 amide bonds. The first-order valence-corrected chi connectivity index (χ1v) is 6.01. The van der Waals surface area contributed by atoms with Gasteiger partial charge in [-0.05, 0) is 39.2 Å². The van der Waals surface area contributed by atoms with Crippen LogP contribution in [0.25, 0.3) is 0 Å². The van der Waals surface area contributed by atoms with E-state index in [9.17, 15) is 9.90 Å². The number of carbonyl (C=O) groups is 1. The largest absolute Gasteiger partial charge is 0.397 e. The predicted octanol–water partition coefficient (Wildman–Crippen LogP) is 0.0922. The molecule has 0 saturated carbocycles. The summed E-state index contributed by atoms with van der Waals surface area (Å²) in [4.78, 5) is 12.9. The van der Waals surface area contributed by atoms with Crippen LogP contribution in [0.3, 0.4) is 0 Å². The summed E-state index contributed by atoms with van der Waals surface area (Å²) in [5.74, 6) is -0.516. The van der Waals surface area contributed by atoms with Crippen molar-refractivity contribution >= 4 is 17.3 Å². The monoisotopic (exact) mass is 266 g/mol. The lowest BCUT2D eigenvalue weighted by Gasteiger charge is -2.27. The van der Waals surface area contributed by atoms with Crippen molar-refractivity contribution in [1.82, 2.24) is 4.90 Å². The number of anilines is 2. The summed E-state index contributed by atoms with van der Waals surface area (Å²) in [6.07, 6.45) is 0. The molecule has 0 aliphatic rings. The van der Waals surface area contributed by atoms with Crippen LogP contribution >= 0.6 is 0 Å². The summed E-state index contributed by atoms with van der Waals surface area (Å²) in [5, 5.41) is 13.2. The molecule has 1 aromatic carbocycles. The van der Waals surface area contributed by atoms with Crippen LogP contribution in [0.5, 0.6) is 0 Å². The molecule has 1 rings (SSSR count). The Hall–Kier alpha value is -1.79. The van der Waals surface area contributed by atoms with Crippen LogP contribution in [0.2, 0.25) is 0 Å². The van der Waals surface area contributed by atoms with Gasteiger partial charge >= 0.3 is 0 Å². The Morgan fingerprint density at radius 2 is 2.11 bits per heavy atom. The maximum Gasteiger partial charge on any atom is 0.248 e. The lowest BCUT2D eigenvalue weighted by atomic mass is 10.1. The first kappa shape index (κ1) is 15.3. The molecule has 6 N–H and O–H groups in total. The number of nitrogens with two attached hydrogens (primary N) is 2. The maximum atomic E-state index is 11.0. The van der Waals surface area contributed by atoms with Crippen molar-refractivity contribution in [1.29, 1.82) is 0 Å². The van der Waals surface area contributed by atoms with Gasteiger partial charge in [0.05, 0.1) is 17.0 Å². The average Bonchev–Trinajstić information content (AvgIpc) is 2.25. The van der Waals surface area contributed by atoms with E-state index in [1.165, 1.54) is 6.07 Å². The zero-order chi connectivity index (χ0) is 14.6. The van der Waals surface area contributed by atoms with E-state index in [-0.39, 0.29) is 0 Å². The lowest BCUT2D eigenvalue weighted by molar-refractivity contribution is 0.0460. The third-order valence-electron chi connectivity index (χ3n) is 2.65. The summed E-state index contributed by atoms with van der Waals surface area (Å²) >= 11 is 0. The van der Waals surface area contributed by atoms with Crippen molar-refractivity contribution in [3.8, 4) is 0 Å². The smallest absolute Gasteiger partial charge is 0.248 e. The number of nitrogens with zero attached hydrogens (tertiary/aromatic N) is 1. The molecule has 0 bridgehead atoms. The maximum absolute atomic E-state index is 11.0. The topological polar surface area (TPSA) is 105 Å². The molecule has 0 aliphatic heterocycles. The molecule has 0 spiro atoms. The van der Waals surface area contributed by atoms with Crippen LogP contribution < -0.4 is 16.8 Å². The Balaban J connectivity index is 2.71. The summed E-state index contributed by atoms with van der Waals surface area (Å²) in [6, 6.07) is 4.80. The lowest BCUT2D eigenvalue weighted by Crippen LogP contribution is -2.43. The molecular weight excluding hydrogens is 244 g/mol. The first-order valence-electron chi connectivity index (χ1n) is 6.01. The van der Waals surface area contributed by atoms with E-state index >= 15 is 0 Å². The highest BCUT2D eigenvalue weighted by Crippen LogP contribution is 2.20. The van der Waals surface area contributed by atoms with Crippen LogP contribution in [-0.2, 0) is 0 Å². The van der Waals surface area contributed by atoms with Gasteiger partial charge in [-0.2, -0.15) is 0 Å². The number of aliphatic hydroxyl groups is 1. The van der Waals surface area contributed by atoms with Gasteiger partial charge in [0.15, 0.2) is 0 Å². The molecule has 6 nitrogen and oxygen atoms in total. The van der Waals surface area contributed by atoms with Crippen molar-refractivity contribution in [3.63, 3.8) is 0 Å². The van der Waals surface area contributed by atoms with Crippen LogP contribution in [-0.4, -0.2) is 48.7 Å². The quantitative estimate of drug-likeness (QED) is 0.546. The predicted molar refractivity (Wildman–Crippen MR) is 77.0 cm³/mol. The zero-order valence-electron chi connectivity index (χ0n) is 11.6. The number of nitrogen functional groups attached to an aromatic ring is 1. The van der Waals surface area contributed by atoms with Crippen molar-refractivity contribution in [2.75, 3.05) is 38.2 Å². The van der Waals surface area contributed by atoms with Gasteiger partial charge < -0.3 is 26.8 Å². The normalized spacial score (nSPS) is 14.2. The van der Waals surface area contributed by atoms with Gasteiger partial charge in [-0.25, -0.2) is 0 Å². The van der Waals surface area contributed by atoms with E-state index in [4.69, 9.17) is 11.5 Å². The zero-order valence-corrected chi connectivity index (χ0v) is 11.6. The molecule has 0 heterocycles. The van der Waals surface area contributed by atoms with Crippen LogP contribution in [0.4, 0.5) is 11.4 Å². The summed E-state index contributed by atoms with van der Waals surface area (Å²) in [5.41, 5.74) is 11.6. The molecule has 19 heavy (non-hydrogen) atoms. The molecule has 1 aromatic rings. The van der Waals surface area contributed by atoms with Gasteiger partial charge in [0.25, 0.3) is 0 Å². The van der Waals surface area contributed by atoms with E-state index in [2.05, 4.69) is 5.32 Å². The molecule has 0 radical (unpaired) electrons. The Kier molecular flexibility index (Phi) is 4.74. The summed E-state index contributed by atoms with van der Waals surface area (Å²) in [7, 11) is 3.79. The standard InChI is InChI=1S/C13H22N4O2/c1-13(19,8-17(2)3)7-16-11-5-4-9(12(15)18)6-10(11)14/h4-6,16,19H,7-8,14H2,1-3H3,(H2,15,18). The third-order valence-corrected chi connectivity index (χ3v) is 2.65. The van der Waals surface area contributed by atoms with Crippen molar-refractivity contribution in [2.24, 2.45) is 5.73 Å². The van der Waals surface area contributed by atoms with Gasteiger partial charge in [0, 0.05) is 18.7 Å². The molecule has 1 atom stereocenters. The van der Waals surface area contributed by atoms with E-state index < -0.39 is 11.5 Å². The number of amides is 1. The minimum absolute atomic E-state index is 0.352. The molecule has 0 aliphatic carbocycles. The van der Waals surface area contributed by atoms with E-state index in [0.717, 1.165) is 0 Å². The Bertz CT molecular complexity index is 458. The average molecular weight is 266 g/mol. The van der Waals surface area contributed by atoms with Crippen molar-refractivity contribution in [3.05, 3.63) is 23.8 Å². The minimum atomic E-state index is -0.877. The van der Waals surface area contributed by atoms with Gasteiger partial charge in [-0.15, -0.1) is 0 Å². The molecule has 106 valence electrons. The molecule has 0 fully saturated rings. The second kappa shape index (κ2) is 5.90. The number of nitrogens with one attached hydrogen (secondary N) is 1. The Morgan fingerprint density at radius 3 is 2.58 bits per heavy atom. The SMILES string of the molecule is CN(C)CC(C)(O)CNc1ccc(C(N)=O)cc1N. The number of benzene rings is 1. The third kappa shape index (κ3) is 4.76. The number of hydrogen-bond acceptors (Lipinski definition) is 5. The fourth-order valence-electron chi connectivity index (χ4n) is 1.90. The van der Waals surface area contributed by atoms with Gasteiger partial charge in [0.1, 0.15) is 0 Å². The first-order chi connectivity index (χ1) is 8.71. The molecule has 1 unspecified atom stereocenters.